The van der Waals surface area contributed by atoms with Gasteiger partial charge in [-0.15, -0.1) is 0 Å². The molecule has 0 radical (unpaired) electrons. The van der Waals surface area contributed by atoms with Crippen molar-refractivity contribution in [3.05, 3.63) is 18.0 Å². The van der Waals surface area contributed by atoms with Crippen molar-refractivity contribution in [2.24, 2.45) is 11.7 Å². The number of aryl methyl sites for hydroxylation is 1. The van der Waals surface area contributed by atoms with Crippen molar-refractivity contribution >= 4 is 11.9 Å². The zero-order valence-corrected chi connectivity index (χ0v) is 8.68. The van der Waals surface area contributed by atoms with Crippen LogP contribution in [0.15, 0.2) is 12.3 Å². The van der Waals surface area contributed by atoms with E-state index in [0.29, 0.717) is 25.5 Å². The maximum atomic E-state index is 11.6. The molecule has 5 heteroatoms. The fourth-order valence-electron chi connectivity index (χ4n) is 1.70. The van der Waals surface area contributed by atoms with Crippen LogP contribution in [0, 0.1) is 12.8 Å². The lowest BCUT2D eigenvalue weighted by Gasteiger charge is -2.13. The van der Waals surface area contributed by atoms with Gasteiger partial charge in [0.05, 0.1) is 0 Å². The van der Waals surface area contributed by atoms with Crippen LogP contribution in [0.3, 0.4) is 0 Å². The van der Waals surface area contributed by atoms with E-state index in [0.717, 1.165) is 5.69 Å². The van der Waals surface area contributed by atoms with Gasteiger partial charge in [0.2, 0.25) is 11.9 Å². The minimum absolute atomic E-state index is 0.0658. The summed E-state index contributed by atoms with van der Waals surface area (Å²) in [5, 5.41) is 0. The van der Waals surface area contributed by atoms with Gasteiger partial charge in [0.15, 0.2) is 0 Å². The molecular weight excluding hydrogens is 192 g/mol. The number of carbonyl (C=O) groups is 1. The van der Waals surface area contributed by atoms with E-state index in [-0.39, 0.29) is 11.8 Å². The second kappa shape index (κ2) is 3.94. The van der Waals surface area contributed by atoms with Gasteiger partial charge in [-0.1, -0.05) is 0 Å². The van der Waals surface area contributed by atoms with Crippen LogP contribution in [0.5, 0.6) is 0 Å². The molecule has 0 spiro atoms. The van der Waals surface area contributed by atoms with E-state index in [1.807, 2.05) is 13.0 Å². The van der Waals surface area contributed by atoms with E-state index < -0.39 is 0 Å². The lowest BCUT2D eigenvalue weighted by molar-refractivity contribution is -0.117. The standard InChI is InChI=1S/C10H14N4O/c1-7-2-3-12-10(13-7)14-6-8(5-11)4-9(14)15/h2-3,8H,4-6,11H2,1H3. The highest BCUT2D eigenvalue weighted by Crippen LogP contribution is 2.20. The predicted molar refractivity (Wildman–Crippen MR) is 56.3 cm³/mol. The molecule has 0 saturated carbocycles. The molecule has 1 unspecified atom stereocenters. The molecule has 2 rings (SSSR count). The van der Waals surface area contributed by atoms with E-state index in [4.69, 9.17) is 5.73 Å². The Morgan fingerprint density at radius 2 is 2.47 bits per heavy atom. The first-order valence-electron chi connectivity index (χ1n) is 5.01. The second-order valence-electron chi connectivity index (χ2n) is 3.81. The lowest BCUT2D eigenvalue weighted by Crippen LogP contribution is -2.27. The quantitative estimate of drug-likeness (QED) is 0.744. The highest BCUT2D eigenvalue weighted by Gasteiger charge is 2.31. The van der Waals surface area contributed by atoms with Gasteiger partial charge in [0.25, 0.3) is 0 Å². The van der Waals surface area contributed by atoms with Crippen LogP contribution in [-0.2, 0) is 4.79 Å². The van der Waals surface area contributed by atoms with Gasteiger partial charge >= 0.3 is 0 Å². The summed E-state index contributed by atoms with van der Waals surface area (Å²) in [5.74, 6) is 0.800. The molecule has 1 aliphatic rings. The summed E-state index contributed by atoms with van der Waals surface area (Å²) < 4.78 is 0. The Bertz CT molecular complexity index is 379. The molecule has 1 amide bonds. The molecule has 0 aliphatic carbocycles. The second-order valence-corrected chi connectivity index (χ2v) is 3.81. The number of carbonyl (C=O) groups excluding carboxylic acids is 1. The van der Waals surface area contributed by atoms with E-state index in [1.165, 1.54) is 0 Å². The molecule has 5 nitrogen and oxygen atoms in total. The van der Waals surface area contributed by atoms with E-state index >= 15 is 0 Å². The SMILES string of the molecule is Cc1ccnc(N2CC(CN)CC2=O)n1. The van der Waals surface area contributed by atoms with Crippen LogP contribution in [0.1, 0.15) is 12.1 Å². The number of anilines is 1. The molecule has 2 heterocycles. The Morgan fingerprint density at radius 1 is 1.67 bits per heavy atom. The Labute approximate surface area is 88.3 Å². The van der Waals surface area contributed by atoms with Crippen LogP contribution in [-0.4, -0.2) is 29.0 Å². The summed E-state index contributed by atoms with van der Waals surface area (Å²) in [5.41, 5.74) is 6.41. The Balaban J connectivity index is 2.21. The van der Waals surface area contributed by atoms with Gasteiger partial charge in [-0.3, -0.25) is 9.69 Å². The highest BCUT2D eigenvalue weighted by molar-refractivity contribution is 5.94. The molecule has 1 saturated heterocycles. The molecule has 0 aromatic carbocycles. The van der Waals surface area contributed by atoms with Gasteiger partial charge < -0.3 is 5.73 Å². The van der Waals surface area contributed by atoms with Crippen LogP contribution in [0.25, 0.3) is 0 Å². The largest absolute Gasteiger partial charge is 0.330 e. The average Bonchev–Trinajstić information content (AvgIpc) is 2.60. The van der Waals surface area contributed by atoms with Crippen molar-refractivity contribution in [3.63, 3.8) is 0 Å². The summed E-state index contributed by atoms with van der Waals surface area (Å²) in [7, 11) is 0. The van der Waals surface area contributed by atoms with Crippen molar-refractivity contribution in [1.82, 2.24) is 9.97 Å². The Kier molecular flexibility index (Phi) is 2.64. The molecule has 1 aromatic rings. The maximum Gasteiger partial charge on any atom is 0.232 e. The number of amides is 1. The Morgan fingerprint density at radius 3 is 3.07 bits per heavy atom. The first-order valence-corrected chi connectivity index (χ1v) is 5.01. The average molecular weight is 206 g/mol. The van der Waals surface area contributed by atoms with Gasteiger partial charge in [-0.2, -0.15) is 0 Å². The monoisotopic (exact) mass is 206 g/mol. The van der Waals surface area contributed by atoms with Crippen molar-refractivity contribution in [3.8, 4) is 0 Å². The number of aromatic nitrogens is 2. The first kappa shape index (κ1) is 10.0. The predicted octanol–water partition coefficient (Wildman–Crippen LogP) is 0.0966. The first-order chi connectivity index (χ1) is 7.20. The summed E-state index contributed by atoms with van der Waals surface area (Å²) in [6.07, 6.45) is 2.18. The highest BCUT2D eigenvalue weighted by atomic mass is 16.2. The molecule has 1 aliphatic heterocycles. The molecule has 0 bridgehead atoms. The molecule has 1 fully saturated rings. The van der Waals surface area contributed by atoms with Gasteiger partial charge in [-0.25, -0.2) is 9.97 Å². The molecular formula is C10H14N4O. The third kappa shape index (κ3) is 1.97. The molecule has 15 heavy (non-hydrogen) atoms. The van der Waals surface area contributed by atoms with Crippen molar-refractivity contribution in [1.29, 1.82) is 0 Å². The molecule has 1 aromatic heterocycles. The van der Waals surface area contributed by atoms with Crippen molar-refractivity contribution < 1.29 is 4.79 Å². The minimum Gasteiger partial charge on any atom is -0.330 e. The number of rotatable bonds is 2. The lowest BCUT2D eigenvalue weighted by atomic mass is 10.1. The third-order valence-corrected chi connectivity index (χ3v) is 2.56. The van der Waals surface area contributed by atoms with E-state index in [1.54, 1.807) is 11.1 Å². The maximum absolute atomic E-state index is 11.6. The zero-order valence-electron chi connectivity index (χ0n) is 8.68. The van der Waals surface area contributed by atoms with Gasteiger partial charge in [-0.05, 0) is 25.5 Å². The fourth-order valence-corrected chi connectivity index (χ4v) is 1.70. The van der Waals surface area contributed by atoms with Gasteiger partial charge in [0, 0.05) is 24.9 Å². The van der Waals surface area contributed by atoms with Crippen LogP contribution >= 0.6 is 0 Å². The van der Waals surface area contributed by atoms with Gasteiger partial charge in [0.1, 0.15) is 0 Å². The summed E-state index contributed by atoms with van der Waals surface area (Å²) >= 11 is 0. The van der Waals surface area contributed by atoms with E-state index in [9.17, 15) is 4.79 Å². The van der Waals surface area contributed by atoms with Crippen LogP contribution in [0.2, 0.25) is 0 Å². The fraction of sp³-hybridized carbons (Fsp3) is 0.500. The summed E-state index contributed by atoms with van der Waals surface area (Å²) in [6.45, 7) is 3.05. The number of nitrogens with zero attached hydrogens (tertiary/aromatic N) is 3. The minimum atomic E-state index is 0.0658. The van der Waals surface area contributed by atoms with Crippen LogP contribution < -0.4 is 10.6 Å². The van der Waals surface area contributed by atoms with Crippen molar-refractivity contribution in [2.75, 3.05) is 18.0 Å². The number of hydrogen-bond acceptors (Lipinski definition) is 4. The number of nitrogens with two attached hydrogens (primary N) is 1. The normalized spacial score (nSPS) is 21.1. The Hall–Kier alpha value is -1.49. The number of hydrogen-bond donors (Lipinski definition) is 1. The summed E-state index contributed by atoms with van der Waals surface area (Å²) in [4.78, 5) is 21.6. The van der Waals surface area contributed by atoms with Crippen molar-refractivity contribution in [2.45, 2.75) is 13.3 Å². The van der Waals surface area contributed by atoms with Crippen LogP contribution in [0.4, 0.5) is 5.95 Å². The molecule has 2 N–H and O–H groups in total. The molecule has 80 valence electrons. The smallest absolute Gasteiger partial charge is 0.232 e. The summed E-state index contributed by atoms with van der Waals surface area (Å²) in [6, 6.07) is 1.81. The molecule has 1 atom stereocenters. The topological polar surface area (TPSA) is 72.1 Å². The zero-order chi connectivity index (χ0) is 10.8. The van der Waals surface area contributed by atoms with E-state index in [2.05, 4.69) is 9.97 Å². The third-order valence-electron chi connectivity index (χ3n) is 2.56.